The summed E-state index contributed by atoms with van der Waals surface area (Å²) in [5.41, 5.74) is 1.16. The van der Waals surface area contributed by atoms with Gasteiger partial charge in [0.05, 0.1) is 9.90 Å². The van der Waals surface area contributed by atoms with Crippen molar-refractivity contribution in [3.63, 3.8) is 0 Å². The van der Waals surface area contributed by atoms with Gasteiger partial charge < -0.3 is 15.5 Å². The lowest BCUT2D eigenvalue weighted by molar-refractivity contribution is -0.111. The molecule has 0 spiro atoms. The van der Waals surface area contributed by atoms with E-state index in [1.807, 2.05) is 4.90 Å². The molecule has 2 amide bonds. The van der Waals surface area contributed by atoms with Crippen molar-refractivity contribution in [1.82, 2.24) is 14.5 Å². The van der Waals surface area contributed by atoms with Crippen molar-refractivity contribution in [3.8, 4) is 0 Å². The molecule has 1 fully saturated rings. The molecule has 0 bridgehead atoms. The Kier molecular flexibility index (Phi) is 7.36. The van der Waals surface area contributed by atoms with Crippen LogP contribution in [0.4, 0.5) is 13.8 Å². The molecule has 0 radical (unpaired) electrons. The Balaban J connectivity index is 1.30. The van der Waals surface area contributed by atoms with E-state index in [1.165, 1.54) is 46.0 Å². The smallest absolute Gasteiger partial charge is 0.251 e. The quantitative estimate of drug-likeness (QED) is 0.518. The van der Waals surface area contributed by atoms with E-state index in [-0.39, 0.29) is 42.6 Å². The van der Waals surface area contributed by atoms with Crippen LogP contribution < -0.4 is 10.6 Å². The molecule has 2 N–H and O–H groups in total. The first-order valence-electron chi connectivity index (χ1n) is 11.1. The summed E-state index contributed by atoms with van der Waals surface area (Å²) in [4.78, 5) is 26.7. The number of fused-ring (bicyclic) bond motifs is 1. The number of nitrogens with zero attached hydrogens (tertiary/aromatic N) is 2. The number of benzene rings is 1. The van der Waals surface area contributed by atoms with E-state index < -0.39 is 15.9 Å². The van der Waals surface area contributed by atoms with Gasteiger partial charge in [0.25, 0.3) is 11.8 Å². The van der Waals surface area contributed by atoms with Gasteiger partial charge in [0.1, 0.15) is 0 Å². The van der Waals surface area contributed by atoms with Gasteiger partial charge in [0.15, 0.2) is 0 Å². The van der Waals surface area contributed by atoms with Crippen LogP contribution in [-0.2, 0) is 27.9 Å². The summed E-state index contributed by atoms with van der Waals surface area (Å²) in [7, 11) is -3.76. The highest BCUT2D eigenvalue weighted by Gasteiger charge is 2.34. The van der Waals surface area contributed by atoms with Crippen LogP contribution in [0, 0.1) is 0 Å². The van der Waals surface area contributed by atoms with Gasteiger partial charge in [-0.25, -0.2) is 17.2 Å². The number of piperidine rings is 1. The van der Waals surface area contributed by atoms with Crippen LogP contribution >= 0.6 is 11.3 Å². The molecule has 188 valence electrons. The van der Waals surface area contributed by atoms with Crippen LogP contribution in [0.5, 0.6) is 0 Å². The van der Waals surface area contributed by atoms with E-state index in [1.54, 1.807) is 6.07 Å². The Morgan fingerprint density at radius 3 is 2.46 bits per heavy atom. The van der Waals surface area contributed by atoms with E-state index in [0.717, 1.165) is 10.4 Å². The van der Waals surface area contributed by atoms with Crippen molar-refractivity contribution in [3.05, 3.63) is 59.0 Å². The second kappa shape index (κ2) is 10.1. The summed E-state index contributed by atoms with van der Waals surface area (Å²) in [5.74, 6) is -3.28. The minimum atomic E-state index is -3.76. The first kappa shape index (κ1) is 25.4. The van der Waals surface area contributed by atoms with Gasteiger partial charge in [-0.15, -0.1) is 11.3 Å². The van der Waals surface area contributed by atoms with E-state index in [0.29, 0.717) is 36.7 Å². The molecule has 8 nitrogen and oxygen atoms in total. The summed E-state index contributed by atoms with van der Waals surface area (Å²) < 4.78 is 54.0. The number of alkyl halides is 2. The maximum atomic E-state index is 13.2. The zero-order valence-corrected chi connectivity index (χ0v) is 20.6. The Labute approximate surface area is 206 Å². The highest BCUT2D eigenvalue weighted by atomic mass is 32.2. The number of likely N-dealkylation sites (tertiary alicyclic amines) is 1. The average Bonchev–Trinajstić information content (AvgIpc) is 3.39. The van der Waals surface area contributed by atoms with Crippen LogP contribution in [0.1, 0.15) is 33.6 Å². The van der Waals surface area contributed by atoms with Gasteiger partial charge in [-0.05, 0) is 42.0 Å². The Bertz CT molecular complexity index is 1200. The summed E-state index contributed by atoms with van der Waals surface area (Å²) in [6.45, 7) is 5.19. The average molecular weight is 525 g/mol. The molecular weight excluding hydrogens is 498 g/mol. The molecule has 1 aromatic heterocycles. The number of nitrogens with one attached hydrogen (secondary N) is 2. The van der Waals surface area contributed by atoms with E-state index in [9.17, 15) is 26.8 Å². The molecule has 0 atom stereocenters. The minimum Gasteiger partial charge on any atom is -0.351 e. The number of anilines is 1. The molecule has 4 rings (SSSR count). The van der Waals surface area contributed by atoms with E-state index >= 15 is 0 Å². The van der Waals surface area contributed by atoms with Crippen LogP contribution in [0.15, 0.2) is 47.9 Å². The monoisotopic (exact) mass is 524 g/mol. The summed E-state index contributed by atoms with van der Waals surface area (Å²) in [5, 5.41) is 6.08. The molecule has 3 heterocycles. The summed E-state index contributed by atoms with van der Waals surface area (Å²) >= 11 is 1.33. The van der Waals surface area contributed by atoms with Gasteiger partial charge in [-0.3, -0.25) is 9.59 Å². The normalized spacial score (nSPS) is 18.1. The molecule has 2 aromatic rings. The number of rotatable bonds is 8. The van der Waals surface area contributed by atoms with Crippen molar-refractivity contribution in [2.24, 2.45) is 0 Å². The van der Waals surface area contributed by atoms with E-state index in [2.05, 4.69) is 17.2 Å². The molecule has 0 aliphatic carbocycles. The number of carbonyl (C=O) groups is 2. The van der Waals surface area contributed by atoms with Crippen molar-refractivity contribution in [2.75, 3.05) is 31.5 Å². The molecule has 35 heavy (non-hydrogen) atoms. The standard InChI is InChI=1S/C23H26F2N4O4S2/c1-2-20(30)27-21-13-17-14-29(15-19(17)34-21)35(32,33)18-5-3-16(4-6-18)22(31)26-9-12-28-10-7-23(24,25)8-11-28/h2-6,13H,1,7-12,14-15H2,(H,26,31)(H,27,30). The van der Waals surface area contributed by atoms with Gasteiger partial charge in [-0.2, -0.15) is 4.31 Å². The Morgan fingerprint density at radius 2 is 1.83 bits per heavy atom. The van der Waals surface area contributed by atoms with Crippen molar-refractivity contribution < 1.29 is 26.8 Å². The van der Waals surface area contributed by atoms with E-state index in [4.69, 9.17) is 0 Å². The van der Waals surface area contributed by atoms with Crippen molar-refractivity contribution >= 4 is 38.2 Å². The molecule has 0 saturated carbocycles. The fraction of sp³-hybridized carbons (Fsp3) is 0.391. The van der Waals surface area contributed by atoms with Gasteiger partial charge in [0.2, 0.25) is 15.9 Å². The second-order valence-corrected chi connectivity index (χ2v) is 11.6. The first-order chi connectivity index (χ1) is 16.6. The number of halogens is 2. The van der Waals surface area contributed by atoms with Gasteiger partial charge in [-0.1, -0.05) is 6.58 Å². The molecule has 0 unspecified atom stereocenters. The summed E-state index contributed by atoms with van der Waals surface area (Å²) in [6, 6.07) is 7.48. The van der Waals surface area contributed by atoms with Gasteiger partial charge in [0, 0.05) is 62.6 Å². The molecule has 12 heteroatoms. The third kappa shape index (κ3) is 5.95. The summed E-state index contributed by atoms with van der Waals surface area (Å²) in [6.07, 6.45) is 0.826. The molecule has 1 saturated heterocycles. The highest BCUT2D eigenvalue weighted by molar-refractivity contribution is 7.89. The third-order valence-corrected chi connectivity index (χ3v) is 8.93. The lowest BCUT2D eigenvalue weighted by Gasteiger charge is -2.31. The Hall–Kier alpha value is -2.67. The zero-order chi connectivity index (χ0) is 25.2. The molecule has 2 aliphatic rings. The fourth-order valence-corrected chi connectivity index (χ4v) is 6.57. The maximum absolute atomic E-state index is 13.2. The SMILES string of the molecule is C=CC(=O)Nc1cc2c(s1)CN(S(=O)(=O)c1ccc(C(=O)NCCN3CCC(F)(F)CC3)cc1)C2. The minimum absolute atomic E-state index is 0.0821. The largest absolute Gasteiger partial charge is 0.351 e. The zero-order valence-electron chi connectivity index (χ0n) is 18.9. The third-order valence-electron chi connectivity index (χ3n) is 6.05. The number of hydrogen-bond donors (Lipinski definition) is 2. The van der Waals surface area contributed by atoms with Crippen molar-refractivity contribution in [1.29, 1.82) is 0 Å². The fourth-order valence-electron chi connectivity index (χ4n) is 4.00. The number of hydrogen-bond acceptors (Lipinski definition) is 6. The predicted molar refractivity (Wildman–Crippen MR) is 129 cm³/mol. The Morgan fingerprint density at radius 1 is 1.14 bits per heavy atom. The molecule has 1 aromatic carbocycles. The topological polar surface area (TPSA) is 98.8 Å². The second-order valence-electron chi connectivity index (χ2n) is 8.50. The maximum Gasteiger partial charge on any atom is 0.251 e. The van der Waals surface area contributed by atoms with Crippen molar-refractivity contribution in [2.45, 2.75) is 36.7 Å². The van der Waals surface area contributed by atoms with Crippen LogP contribution in [0.25, 0.3) is 0 Å². The molecular formula is C23H26F2N4O4S2. The van der Waals surface area contributed by atoms with Gasteiger partial charge >= 0.3 is 0 Å². The molecule has 2 aliphatic heterocycles. The van der Waals surface area contributed by atoms with Crippen LogP contribution in [0.2, 0.25) is 0 Å². The van der Waals surface area contributed by atoms with Crippen LogP contribution in [-0.4, -0.2) is 61.5 Å². The number of sulfonamides is 1. The highest BCUT2D eigenvalue weighted by Crippen LogP contribution is 2.36. The lowest BCUT2D eigenvalue weighted by atomic mass is 10.1. The number of amides is 2. The lowest BCUT2D eigenvalue weighted by Crippen LogP contribution is -2.43. The number of thiophene rings is 1. The predicted octanol–water partition coefficient (Wildman–Crippen LogP) is 3.04. The first-order valence-corrected chi connectivity index (χ1v) is 13.4. The van der Waals surface area contributed by atoms with Crippen LogP contribution in [0.3, 0.4) is 0 Å². The number of carbonyl (C=O) groups excluding carboxylic acids is 2.